The molecule has 3 aromatic rings. The van der Waals surface area contributed by atoms with Gasteiger partial charge in [-0.25, -0.2) is 0 Å². The van der Waals surface area contributed by atoms with Crippen LogP contribution in [0.4, 0.5) is 0 Å². The Balaban J connectivity index is 1.52. The van der Waals surface area contributed by atoms with Crippen LogP contribution < -0.4 is 5.32 Å². The molecule has 1 N–H and O–H groups in total. The van der Waals surface area contributed by atoms with E-state index in [4.69, 9.17) is 0 Å². The highest BCUT2D eigenvalue weighted by atomic mass is 32.2. The molecule has 3 rings (SSSR count). The number of carbonyl (C=O) groups excluding carboxylic acids is 1. The summed E-state index contributed by atoms with van der Waals surface area (Å²) in [5.41, 5.74) is 1.09. The fraction of sp³-hybridized carbons (Fsp3) is 0.235. The minimum atomic E-state index is 0.0513. The molecule has 0 aliphatic carbocycles. The lowest BCUT2D eigenvalue weighted by Gasteiger charge is -2.04. The predicted octanol–water partition coefficient (Wildman–Crippen LogP) is 4.93. The molecule has 0 saturated carbocycles. The Morgan fingerprint density at radius 1 is 1.23 bits per heavy atom. The van der Waals surface area contributed by atoms with Crippen molar-refractivity contribution >= 4 is 50.4 Å². The molecule has 2 nitrogen and oxygen atoms in total. The summed E-state index contributed by atoms with van der Waals surface area (Å²) >= 11 is 5.22. The third-order valence-electron chi connectivity index (χ3n) is 3.41. The summed E-state index contributed by atoms with van der Waals surface area (Å²) in [6.45, 7) is 2.74. The first kappa shape index (κ1) is 15.6. The van der Waals surface area contributed by atoms with Crippen LogP contribution in [0.3, 0.4) is 0 Å². The number of amides is 1. The Labute approximate surface area is 142 Å². The van der Waals surface area contributed by atoms with Gasteiger partial charge in [-0.2, -0.15) is 11.8 Å². The van der Waals surface area contributed by atoms with Gasteiger partial charge in [0.25, 0.3) is 5.91 Å². The minimum absolute atomic E-state index is 0.0513. The summed E-state index contributed by atoms with van der Waals surface area (Å²) < 4.78 is 1.18. The Hall–Kier alpha value is -1.30. The molecule has 114 valence electrons. The van der Waals surface area contributed by atoms with Crippen molar-refractivity contribution < 1.29 is 4.79 Å². The van der Waals surface area contributed by atoms with Crippen molar-refractivity contribution in [2.24, 2.45) is 0 Å². The summed E-state index contributed by atoms with van der Waals surface area (Å²) in [6.07, 6.45) is 0. The summed E-state index contributed by atoms with van der Waals surface area (Å²) in [5, 5.41) is 6.32. The van der Waals surface area contributed by atoms with E-state index in [1.165, 1.54) is 15.0 Å². The average Bonchev–Trinajstić information content (AvgIpc) is 3.15. The highest BCUT2D eigenvalue weighted by Gasteiger charge is 2.14. The highest BCUT2D eigenvalue weighted by molar-refractivity contribution is 7.98. The van der Waals surface area contributed by atoms with Crippen LogP contribution in [0.2, 0.25) is 0 Å². The van der Waals surface area contributed by atoms with Gasteiger partial charge in [0.05, 0.1) is 4.88 Å². The fourth-order valence-corrected chi connectivity index (χ4v) is 5.10. The zero-order valence-electron chi connectivity index (χ0n) is 12.3. The molecule has 22 heavy (non-hydrogen) atoms. The van der Waals surface area contributed by atoms with Crippen LogP contribution >= 0.6 is 34.4 Å². The van der Waals surface area contributed by atoms with Crippen LogP contribution in [-0.4, -0.2) is 18.2 Å². The number of carbonyl (C=O) groups is 1. The van der Waals surface area contributed by atoms with E-state index in [9.17, 15) is 4.79 Å². The monoisotopic (exact) mass is 347 g/mol. The standard InChI is InChI=1S/C17H17NOS3/c1-12-14-6-2-3-7-15(14)22-16(12)17(19)18-8-10-20-11-13-5-4-9-21-13/h2-7,9H,8,10-11H2,1H3,(H,18,19). The van der Waals surface area contributed by atoms with E-state index in [0.29, 0.717) is 6.54 Å². The first-order valence-electron chi connectivity index (χ1n) is 7.12. The van der Waals surface area contributed by atoms with Gasteiger partial charge < -0.3 is 5.32 Å². The first-order chi connectivity index (χ1) is 10.8. The molecule has 0 spiro atoms. The summed E-state index contributed by atoms with van der Waals surface area (Å²) in [6, 6.07) is 12.4. The molecule has 0 bridgehead atoms. The van der Waals surface area contributed by atoms with Crippen LogP contribution in [0.15, 0.2) is 41.8 Å². The number of hydrogen-bond acceptors (Lipinski definition) is 4. The topological polar surface area (TPSA) is 29.1 Å². The molecule has 2 aromatic heterocycles. The number of thioether (sulfide) groups is 1. The summed E-state index contributed by atoms with van der Waals surface area (Å²) in [4.78, 5) is 14.5. The Morgan fingerprint density at radius 2 is 2.09 bits per heavy atom. The SMILES string of the molecule is Cc1c(C(=O)NCCSCc2cccs2)sc2ccccc12. The average molecular weight is 348 g/mol. The molecule has 1 aromatic carbocycles. The van der Waals surface area contributed by atoms with Gasteiger partial charge in [0.15, 0.2) is 0 Å². The van der Waals surface area contributed by atoms with E-state index < -0.39 is 0 Å². The van der Waals surface area contributed by atoms with E-state index in [1.54, 1.807) is 22.7 Å². The van der Waals surface area contributed by atoms with Crippen molar-refractivity contribution in [2.75, 3.05) is 12.3 Å². The molecule has 0 aliphatic rings. The minimum Gasteiger partial charge on any atom is -0.351 e. The number of rotatable bonds is 6. The normalized spacial score (nSPS) is 11.0. The van der Waals surface area contributed by atoms with E-state index in [0.717, 1.165) is 21.9 Å². The number of fused-ring (bicyclic) bond motifs is 1. The molecule has 2 heterocycles. The van der Waals surface area contributed by atoms with Gasteiger partial charge in [-0.15, -0.1) is 22.7 Å². The van der Waals surface area contributed by atoms with Gasteiger partial charge in [-0.05, 0) is 35.4 Å². The number of hydrogen-bond donors (Lipinski definition) is 1. The third kappa shape index (κ3) is 3.54. The molecule has 0 saturated heterocycles. The van der Waals surface area contributed by atoms with Crippen LogP contribution in [0.25, 0.3) is 10.1 Å². The molecule has 0 fully saturated rings. The number of benzene rings is 1. The lowest BCUT2D eigenvalue weighted by atomic mass is 10.1. The Bertz CT molecular complexity index is 761. The van der Waals surface area contributed by atoms with Crippen LogP contribution in [-0.2, 0) is 5.75 Å². The smallest absolute Gasteiger partial charge is 0.261 e. The zero-order valence-corrected chi connectivity index (χ0v) is 14.7. The van der Waals surface area contributed by atoms with Crippen molar-refractivity contribution in [3.8, 4) is 0 Å². The van der Waals surface area contributed by atoms with E-state index >= 15 is 0 Å². The van der Waals surface area contributed by atoms with Gasteiger partial charge in [0.1, 0.15) is 0 Å². The Morgan fingerprint density at radius 3 is 2.86 bits per heavy atom. The second-order valence-electron chi connectivity index (χ2n) is 4.94. The fourth-order valence-electron chi connectivity index (χ4n) is 2.28. The van der Waals surface area contributed by atoms with Crippen molar-refractivity contribution in [2.45, 2.75) is 12.7 Å². The summed E-state index contributed by atoms with van der Waals surface area (Å²) in [7, 11) is 0. The van der Waals surface area contributed by atoms with Gasteiger partial charge in [0, 0.05) is 27.6 Å². The number of aryl methyl sites for hydroxylation is 1. The second kappa shape index (κ2) is 7.31. The molecule has 0 radical (unpaired) electrons. The second-order valence-corrected chi connectivity index (χ2v) is 8.13. The molecule has 0 unspecified atom stereocenters. The maximum Gasteiger partial charge on any atom is 0.261 e. The lowest BCUT2D eigenvalue weighted by Crippen LogP contribution is -2.25. The molecular formula is C17H17NOS3. The third-order valence-corrected chi connectivity index (χ3v) is 6.74. The molecule has 5 heteroatoms. The zero-order chi connectivity index (χ0) is 15.4. The number of thiophene rings is 2. The number of nitrogens with one attached hydrogen (secondary N) is 1. The van der Waals surface area contributed by atoms with Gasteiger partial charge in [0.2, 0.25) is 0 Å². The van der Waals surface area contributed by atoms with Crippen LogP contribution in [0.5, 0.6) is 0 Å². The maximum absolute atomic E-state index is 12.3. The van der Waals surface area contributed by atoms with Crippen molar-refractivity contribution in [3.63, 3.8) is 0 Å². The predicted molar refractivity (Wildman–Crippen MR) is 99.4 cm³/mol. The van der Waals surface area contributed by atoms with E-state index in [1.807, 2.05) is 30.8 Å². The maximum atomic E-state index is 12.3. The van der Waals surface area contributed by atoms with E-state index in [-0.39, 0.29) is 5.91 Å². The first-order valence-corrected chi connectivity index (χ1v) is 9.97. The summed E-state index contributed by atoms with van der Waals surface area (Å²) in [5.74, 6) is 2.01. The van der Waals surface area contributed by atoms with Crippen molar-refractivity contribution in [3.05, 3.63) is 57.1 Å². The van der Waals surface area contributed by atoms with Gasteiger partial charge in [-0.1, -0.05) is 24.3 Å². The van der Waals surface area contributed by atoms with Gasteiger partial charge in [-0.3, -0.25) is 4.79 Å². The molecular weight excluding hydrogens is 330 g/mol. The highest BCUT2D eigenvalue weighted by Crippen LogP contribution is 2.30. The Kier molecular flexibility index (Phi) is 5.18. The molecule has 0 atom stereocenters. The molecule has 0 aliphatic heterocycles. The van der Waals surface area contributed by atoms with E-state index in [2.05, 4.69) is 35.0 Å². The van der Waals surface area contributed by atoms with Crippen LogP contribution in [0, 0.1) is 6.92 Å². The largest absolute Gasteiger partial charge is 0.351 e. The van der Waals surface area contributed by atoms with Crippen LogP contribution in [0.1, 0.15) is 20.1 Å². The van der Waals surface area contributed by atoms with Crippen molar-refractivity contribution in [1.29, 1.82) is 0 Å². The lowest BCUT2D eigenvalue weighted by molar-refractivity contribution is 0.0960. The van der Waals surface area contributed by atoms with Gasteiger partial charge >= 0.3 is 0 Å². The quantitative estimate of drug-likeness (QED) is 0.640. The molecule has 1 amide bonds. The van der Waals surface area contributed by atoms with Crippen molar-refractivity contribution in [1.82, 2.24) is 5.32 Å².